The molecule has 2 aliphatic rings. The Hall–Kier alpha value is -1.92. The van der Waals surface area contributed by atoms with Crippen LogP contribution in [0.4, 0.5) is 18.9 Å². The van der Waals surface area contributed by atoms with Crippen molar-refractivity contribution in [1.29, 1.82) is 0 Å². The van der Waals surface area contributed by atoms with Gasteiger partial charge in [-0.2, -0.15) is 8.70 Å². The first kappa shape index (κ1) is 25.7. The summed E-state index contributed by atoms with van der Waals surface area (Å²) in [7, 11) is -2.57. The Labute approximate surface area is 195 Å². The molecule has 1 heterocycles. The van der Waals surface area contributed by atoms with E-state index in [9.17, 15) is 26.4 Å². The maximum absolute atomic E-state index is 13.7. The number of carbonyl (C=O) groups is 1. The smallest absolute Gasteiger partial charge is 0.368 e. The molecule has 1 aliphatic carbocycles. The van der Waals surface area contributed by atoms with Crippen molar-refractivity contribution in [1.82, 2.24) is 4.31 Å². The second kappa shape index (κ2) is 9.75. The van der Waals surface area contributed by atoms with Crippen molar-refractivity contribution in [3.05, 3.63) is 24.2 Å². The summed E-state index contributed by atoms with van der Waals surface area (Å²) < 4.78 is 74.4. The van der Waals surface area contributed by atoms with Gasteiger partial charge in [-0.25, -0.2) is 22.0 Å². The van der Waals surface area contributed by atoms with E-state index >= 15 is 0 Å². The van der Waals surface area contributed by atoms with Crippen molar-refractivity contribution >= 4 is 33.4 Å². The van der Waals surface area contributed by atoms with Crippen LogP contribution in [0.5, 0.6) is 5.75 Å². The maximum Gasteiger partial charge on any atom is 0.368 e. The van der Waals surface area contributed by atoms with Crippen LogP contribution in [-0.2, 0) is 14.8 Å². The van der Waals surface area contributed by atoms with Crippen LogP contribution >= 0.6 is 11.8 Å². The average Bonchev–Trinajstić information content (AvgIpc) is 2.81. The molecular weight excluding hydrogens is 481 g/mol. The Balaban J connectivity index is 2.13. The zero-order valence-corrected chi connectivity index (χ0v) is 20.2. The van der Waals surface area contributed by atoms with Gasteiger partial charge in [0.2, 0.25) is 15.9 Å². The van der Waals surface area contributed by atoms with Gasteiger partial charge < -0.3 is 14.7 Å². The summed E-state index contributed by atoms with van der Waals surface area (Å²) in [4.78, 5) is 12.8. The number of fused-ring (bicyclic) bond motifs is 1. The summed E-state index contributed by atoms with van der Waals surface area (Å²) in [6.45, 7) is 2.26. The van der Waals surface area contributed by atoms with Gasteiger partial charge in [-0.1, -0.05) is 19.8 Å². The quantitative estimate of drug-likeness (QED) is 0.315. The Kier molecular flexibility index (Phi) is 7.59. The predicted molar refractivity (Wildman–Crippen MR) is 119 cm³/mol. The SMILES string of the molecule is CCCC[C@@H]1CN(C2CC(F)(F)C2)c2cc(SC)c(O/C=C(\F)C(=O)O)cc2S(=O)(=O)N1C. The molecule has 33 heavy (non-hydrogen) atoms. The summed E-state index contributed by atoms with van der Waals surface area (Å²) in [5.41, 5.74) is 0.292. The standard InChI is InChI=1S/C21H27F3N2O5S2/c1-4-5-6-13-11-26(14-9-21(23,24)10-14)16-7-18(32-3)17(31-12-15(22)20(27)28)8-19(16)33(29,30)25(13)2/h7-8,12-14H,4-6,9-11H2,1-3H3,(H,27,28)/b15-12-/t13-/m1/s1. The number of benzene rings is 1. The highest BCUT2D eigenvalue weighted by molar-refractivity contribution is 7.98. The number of alkyl halides is 2. The topological polar surface area (TPSA) is 87.1 Å². The van der Waals surface area contributed by atoms with Crippen LogP contribution in [0.15, 0.2) is 34.0 Å². The molecule has 0 bridgehead atoms. The summed E-state index contributed by atoms with van der Waals surface area (Å²) >= 11 is 1.18. The zero-order valence-electron chi connectivity index (χ0n) is 18.6. The minimum atomic E-state index is -4.03. The molecule has 0 unspecified atom stereocenters. The molecule has 0 radical (unpaired) electrons. The van der Waals surface area contributed by atoms with E-state index in [0.717, 1.165) is 12.8 Å². The fraction of sp³-hybridized carbons (Fsp3) is 0.571. The molecular formula is C21H27F3N2O5S2. The van der Waals surface area contributed by atoms with Crippen molar-refractivity contribution in [2.24, 2.45) is 0 Å². The van der Waals surface area contributed by atoms with Crippen molar-refractivity contribution < 1.29 is 36.2 Å². The first-order valence-corrected chi connectivity index (χ1v) is 13.2. The predicted octanol–water partition coefficient (Wildman–Crippen LogP) is 4.48. The normalized spacial score (nSPS) is 22.9. The van der Waals surface area contributed by atoms with Crippen LogP contribution < -0.4 is 9.64 Å². The van der Waals surface area contributed by atoms with Gasteiger partial charge >= 0.3 is 5.97 Å². The zero-order chi connectivity index (χ0) is 24.6. The number of carboxylic acids is 1. The van der Waals surface area contributed by atoms with Crippen LogP contribution in [-0.4, -0.2) is 61.7 Å². The minimum absolute atomic E-state index is 0.0412. The molecule has 0 saturated heterocycles. The molecule has 1 aromatic carbocycles. The Morgan fingerprint density at radius 3 is 2.58 bits per heavy atom. The molecule has 3 rings (SSSR count). The molecule has 1 fully saturated rings. The molecule has 0 amide bonds. The number of anilines is 1. The van der Waals surface area contributed by atoms with Gasteiger partial charge in [-0.05, 0) is 18.7 Å². The molecule has 12 heteroatoms. The maximum atomic E-state index is 13.7. The number of likely N-dealkylation sites (N-methyl/N-ethyl adjacent to an activating group) is 1. The van der Waals surface area contributed by atoms with E-state index in [0.29, 0.717) is 23.3 Å². The number of nitrogens with zero attached hydrogens (tertiary/aromatic N) is 2. The fourth-order valence-corrected chi connectivity index (χ4v) is 6.19. The third-order valence-electron chi connectivity index (χ3n) is 6.03. The number of ether oxygens (including phenoxy) is 1. The molecule has 1 aliphatic heterocycles. The highest BCUT2D eigenvalue weighted by atomic mass is 32.2. The van der Waals surface area contributed by atoms with Gasteiger partial charge in [0.1, 0.15) is 16.9 Å². The Morgan fingerprint density at radius 1 is 1.36 bits per heavy atom. The highest BCUT2D eigenvalue weighted by Gasteiger charge is 2.50. The Morgan fingerprint density at radius 2 is 2.03 bits per heavy atom. The van der Waals surface area contributed by atoms with E-state index in [-0.39, 0.29) is 30.0 Å². The number of halogens is 3. The highest BCUT2D eigenvalue weighted by Crippen LogP contribution is 2.47. The molecule has 1 saturated carbocycles. The fourth-order valence-electron chi connectivity index (χ4n) is 4.08. The summed E-state index contributed by atoms with van der Waals surface area (Å²) in [5.74, 6) is -6.19. The second-order valence-corrected chi connectivity index (χ2v) is 11.1. The number of carboxylic acid groups (broad SMARTS) is 1. The summed E-state index contributed by atoms with van der Waals surface area (Å²) in [6.07, 6.45) is 3.56. The number of hydrogen-bond donors (Lipinski definition) is 1. The van der Waals surface area contributed by atoms with Crippen LogP contribution in [0.25, 0.3) is 0 Å². The van der Waals surface area contributed by atoms with Crippen molar-refractivity contribution in [3.63, 3.8) is 0 Å². The van der Waals surface area contributed by atoms with E-state index in [2.05, 4.69) is 0 Å². The number of rotatable bonds is 8. The third kappa shape index (κ3) is 5.27. The van der Waals surface area contributed by atoms with Crippen molar-refractivity contribution in [3.8, 4) is 5.75 Å². The van der Waals surface area contributed by atoms with Gasteiger partial charge in [0.05, 0.1) is 10.6 Å². The second-order valence-electron chi connectivity index (χ2n) is 8.25. The third-order valence-corrected chi connectivity index (χ3v) is 8.73. The monoisotopic (exact) mass is 508 g/mol. The lowest BCUT2D eigenvalue weighted by Crippen LogP contribution is -2.54. The average molecular weight is 509 g/mol. The number of aliphatic carboxylic acids is 1. The Bertz CT molecular complexity index is 1040. The van der Waals surface area contributed by atoms with Gasteiger partial charge in [-0.3, -0.25) is 0 Å². The molecule has 0 aromatic heterocycles. The van der Waals surface area contributed by atoms with Gasteiger partial charge in [0.25, 0.3) is 5.92 Å². The summed E-state index contributed by atoms with van der Waals surface area (Å²) in [6, 6.07) is 1.81. The molecule has 1 aromatic rings. The lowest BCUT2D eigenvalue weighted by molar-refractivity contribution is -0.134. The first-order chi connectivity index (χ1) is 15.4. The van der Waals surface area contributed by atoms with E-state index in [1.165, 1.54) is 35.2 Å². The van der Waals surface area contributed by atoms with Gasteiger partial charge in [0, 0.05) is 44.6 Å². The van der Waals surface area contributed by atoms with Crippen molar-refractivity contribution in [2.75, 3.05) is 24.7 Å². The number of thioether (sulfide) groups is 1. The van der Waals surface area contributed by atoms with E-state index in [4.69, 9.17) is 9.84 Å². The summed E-state index contributed by atoms with van der Waals surface area (Å²) in [5, 5.41) is 8.71. The molecule has 1 atom stereocenters. The van der Waals surface area contributed by atoms with E-state index < -0.39 is 39.8 Å². The number of hydrogen-bond acceptors (Lipinski definition) is 6. The molecule has 7 nitrogen and oxygen atoms in total. The lowest BCUT2D eigenvalue weighted by Gasteiger charge is -2.44. The minimum Gasteiger partial charge on any atom is -0.476 e. The number of unbranched alkanes of at least 4 members (excludes halogenated alkanes) is 1. The van der Waals surface area contributed by atoms with E-state index in [1.54, 1.807) is 11.2 Å². The van der Waals surface area contributed by atoms with Crippen LogP contribution in [0.1, 0.15) is 39.0 Å². The van der Waals surface area contributed by atoms with E-state index in [1.807, 2.05) is 6.92 Å². The largest absolute Gasteiger partial charge is 0.476 e. The van der Waals surface area contributed by atoms with Crippen LogP contribution in [0.2, 0.25) is 0 Å². The molecule has 184 valence electrons. The number of sulfonamides is 1. The lowest BCUT2D eigenvalue weighted by atomic mass is 9.86. The molecule has 0 spiro atoms. The van der Waals surface area contributed by atoms with Crippen LogP contribution in [0.3, 0.4) is 0 Å². The van der Waals surface area contributed by atoms with Crippen LogP contribution in [0, 0.1) is 0 Å². The molecule has 1 N–H and O–H groups in total. The van der Waals surface area contributed by atoms with Gasteiger partial charge in [-0.15, -0.1) is 11.8 Å². The van der Waals surface area contributed by atoms with Gasteiger partial charge in [0.15, 0.2) is 0 Å². The first-order valence-electron chi connectivity index (χ1n) is 10.5. The van der Waals surface area contributed by atoms with Crippen molar-refractivity contribution in [2.45, 2.75) is 66.8 Å².